The number of aryl methyl sites for hydroxylation is 1. The fourth-order valence-corrected chi connectivity index (χ4v) is 2.53. The fraction of sp³-hybridized carbons (Fsp3) is 0.263. The standard InChI is InChI=1S/C19H22O/c1-5-14-19(3,16-8-6-15(2)7-9-16)17-10-12-18(20-4)13-11-17/h5-14H,1-4H3/b14-5-. The Kier molecular flexibility index (Phi) is 4.29. The Morgan fingerprint density at radius 2 is 1.40 bits per heavy atom. The van der Waals surface area contributed by atoms with Crippen LogP contribution in [0, 0.1) is 6.92 Å². The Labute approximate surface area is 121 Å². The molecule has 1 unspecified atom stereocenters. The molecule has 0 spiro atoms. The molecule has 0 radical (unpaired) electrons. The number of hydrogen-bond donors (Lipinski definition) is 0. The van der Waals surface area contributed by atoms with Crippen LogP contribution in [0.3, 0.4) is 0 Å². The Morgan fingerprint density at radius 3 is 1.85 bits per heavy atom. The molecule has 104 valence electrons. The zero-order valence-corrected chi connectivity index (χ0v) is 12.7. The van der Waals surface area contributed by atoms with E-state index in [-0.39, 0.29) is 5.41 Å². The molecule has 0 aromatic heterocycles. The molecular formula is C19H22O. The highest BCUT2D eigenvalue weighted by atomic mass is 16.5. The summed E-state index contributed by atoms with van der Waals surface area (Å²) in [5.41, 5.74) is 3.73. The number of hydrogen-bond acceptors (Lipinski definition) is 1. The maximum atomic E-state index is 5.25. The quantitative estimate of drug-likeness (QED) is 0.716. The van der Waals surface area contributed by atoms with E-state index in [0.717, 1.165) is 5.75 Å². The first-order valence-corrected chi connectivity index (χ1v) is 6.95. The molecule has 0 aliphatic rings. The number of allylic oxidation sites excluding steroid dienone is 2. The third-order valence-corrected chi connectivity index (χ3v) is 3.84. The van der Waals surface area contributed by atoms with Gasteiger partial charge >= 0.3 is 0 Å². The van der Waals surface area contributed by atoms with Crippen molar-refractivity contribution in [1.82, 2.24) is 0 Å². The number of ether oxygens (including phenoxy) is 1. The third-order valence-electron chi connectivity index (χ3n) is 3.84. The smallest absolute Gasteiger partial charge is 0.118 e. The summed E-state index contributed by atoms with van der Waals surface area (Å²) in [5, 5.41) is 0. The van der Waals surface area contributed by atoms with Crippen molar-refractivity contribution in [3.63, 3.8) is 0 Å². The van der Waals surface area contributed by atoms with Gasteiger partial charge in [0.25, 0.3) is 0 Å². The van der Waals surface area contributed by atoms with Gasteiger partial charge in [-0.25, -0.2) is 0 Å². The van der Waals surface area contributed by atoms with Gasteiger partial charge in [0.1, 0.15) is 5.75 Å². The summed E-state index contributed by atoms with van der Waals surface area (Å²) in [6.45, 7) is 6.43. The minimum Gasteiger partial charge on any atom is -0.497 e. The molecule has 0 aliphatic carbocycles. The van der Waals surface area contributed by atoms with Gasteiger partial charge in [0.2, 0.25) is 0 Å². The number of benzene rings is 2. The van der Waals surface area contributed by atoms with E-state index in [1.165, 1.54) is 16.7 Å². The highest BCUT2D eigenvalue weighted by molar-refractivity contribution is 5.45. The molecule has 2 aromatic carbocycles. The highest BCUT2D eigenvalue weighted by Gasteiger charge is 2.25. The minimum atomic E-state index is -0.116. The average molecular weight is 266 g/mol. The molecule has 0 aliphatic heterocycles. The lowest BCUT2D eigenvalue weighted by molar-refractivity contribution is 0.414. The maximum absolute atomic E-state index is 5.25. The predicted molar refractivity (Wildman–Crippen MR) is 85.4 cm³/mol. The molecular weight excluding hydrogens is 244 g/mol. The van der Waals surface area contributed by atoms with E-state index in [1.807, 2.05) is 12.1 Å². The van der Waals surface area contributed by atoms with Crippen LogP contribution in [-0.4, -0.2) is 7.11 Å². The van der Waals surface area contributed by atoms with E-state index in [9.17, 15) is 0 Å². The molecule has 0 amide bonds. The van der Waals surface area contributed by atoms with Gasteiger partial charge in [-0.15, -0.1) is 0 Å². The SMILES string of the molecule is C/C=C\C(C)(c1ccc(C)cc1)c1ccc(OC)cc1. The largest absolute Gasteiger partial charge is 0.497 e. The molecule has 1 heteroatoms. The Bertz CT molecular complexity index is 578. The normalized spacial score (nSPS) is 14.2. The first-order chi connectivity index (χ1) is 9.60. The van der Waals surface area contributed by atoms with E-state index in [2.05, 4.69) is 69.3 Å². The van der Waals surface area contributed by atoms with Crippen molar-refractivity contribution in [3.05, 3.63) is 77.4 Å². The molecule has 2 rings (SSSR count). The topological polar surface area (TPSA) is 9.23 Å². The lowest BCUT2D eigenvalue weighted by atomic mass is 9.76. The van der Waals surface area contributed by atoms with E-state index in [1.54, 1.807) is 7.11 Å². The second-order valence-electron chi connectivity index (χ2n) is 5.30. The Balaban J connectivity index is 2.50. The monoisotopic (exact) mass is 266 g/mol. The average Bonchev–Trinajstić information content (AvgIpc) is 2.48. The summed E-state index contributed by atoms with van der Waals surface area (Å²) in [7, 11) is 1.69. The van der Waals surface area contributed by atoms with Gasteiger partial charge in [-0.05, 0) is 44.0 Å². The van der Waals surface area contributed by atoms with Crippen molar-refractivity contribution in [1.29, 1.82) is 0 Å². The van der Waals surface area contributed by atoms with Crippen LogP contribution in [0.1, 0.15) is 30.5 Å². The van der Waals surface area contributed by atoms with Gasteiger partial charge in [-0.1, -0.05) is 54.1 Å². The highest BCUT2D eigenvalue weighted by Crippen LogP contribution is 2.34. The summed E-state index contributed by atoms with van der Waals surface area (Å²) in [5.74, 6) is 0.889. The Hall–Kier alpha value is -2.02. The van der Waals surface area contributed by atoms with Gasteiger partial charge in [0, 0.05) is 5.41 Å². The molecule has 1 nitrogen and oxygen atoms in total. The molecule has 20 heavy (non-hydrogen) atoms. The van der Waals surface area contributed by atoms with Crippen molar-refractivity contribution in [2.45, 2.75) is 26.2 Å². The van der Waals surface area contributed by atoms with Gasteiger partial charge in [-0.3, -0.25) is 0 Å². The van der Waals surface area contributed by atoms with Gasteiger partial charge in [0.05, 0.1) is 7.11 Å². The third kappa shape index (κ3) is 2.77. The lowest BCUT2D eigenvalue weighted by Crippen LogP contribution is -2.20. The molecule has 0 N–H and O–H groups in total. The van der Waals surface area contributed by atoms with Crippen LogP contribution in [0.2, 0.25) is 0 Å². The van der Waals surface area contributed by atoms with E-state index < -0.39 is 0 Å². The second kappa shape index (κ2) is 5.96. The number of rotatable bonds is 4. The predicted octanol–water partition coefficient (Wildman–Crippen LogP) is 4.89. The summed E-state index contributed by atoms with van der Waals surface area (Å²) >= 11 is 0. The summed E-state index contributed by atoms with van der Waals surface area (Å²) in [4.78, 5) is 0. The summed E-state index contributed by atoms with van der Waals surface area (Å²) in [6.07, 6.45) is 4.36. The van der Waals surface area contributed by atoms with Gasteiger partial charge in [-0.2, -0.15) is 0 Å². The molecule has 2 aromatic rings. The maximum Gasteiger partial charge on any atom is 0.118 e. The van der Waals surface area contributed by atoms with Crippen molar-refractivity contribution in [2.75, 3.05) is 7.11 Å². The van der Waals surface area contributed by atoms with Crippen LogP contribution >= 0.6 is 0 Å². The van der Waals surface area contributed by atoms with Gasteiger partial charge in [0.15, 0.2) is 0 Å². The summed E-state index contributed by atoms with van der Waals surface area (Å²) in [6, 6.07) is 17.1. The zero-order chi connectivity index (χ0) is 14.6. The van der Waals surface area contributed by atoms with Crippen LogP contribution in [0.25, 0.3) is 0 Å². The van der Waals surface area contributed by atoms with Crippen molar-refractivity contribution < 1.29 is 4.74 Å². The summed E-state index contributed by atoms with van der Waals surface area (Å²) < 4.78 is 5.25. The van der Waals surface area contributed by atoms with Crippen LogP contribution in [0.4, 0.5) is 0 Å². The van der Waals surface area contributed by atoms with Gasteiger partial charge < -0.3 is 4.74 Å². The fourth-order valence-electron chi connectivity index (χ4n) is 2.53. The molecule has 0 saturated carbocycles. The van der Waals surface area contributed by atoms with Crippen LogP contribution in [-0.2, 0) is 5.41 Å². The van der Waals surface area contributed by atoms with Crippen LogP contribution in [0.5, 0.6) is 5.75 Å². The molecule has 0 bridgehead atoms. The molecule has 0 saturated heterocycles. The molecule has 0 heterocycles. The Morgan fingerprint density at radius 1 is 0.900 bits per heavy atom. The van der Waals surface area contributed by atoms with Crippen molar-refractivity contribution in [2.24, 2.45) is 0 Å². The van der Waals surface area contributed by atoms with E-state index in [4.69, 9.17) is 4.74 Å². The first-order valence-electron chi connectivity index (χ1n) is 6.95. The first kappa shape index (κ1) is 14.4. The van der Waals surface area contributed by atoms with Crippen LogP contribution < -0.4 is 4.74 Å². The zero-order valence-electron chi connectivity index (χ0n) is 12.7. The van der Waals surface area contributed by atoms with Crippen molar-refractivity contribution >= 4 is 0 Å². The van der Waals surface area contributed by atoms with E-state index >= 15 is 0 Å². The second-order valence-corrected chi connectivity index (χ2v) is 5.30. The van der Waals surface area contributed by atoms with Crippen LogP contribution in [0.15, 0.2) is 60.7 Å². The minimum absolute atomic E-state index is 0.116. The van der Waals surface area contributed by atoms with Crippen molar-refractivity contribution in [3.8, 4) is 5.75 Å². The number of methoxy groups -OCH3 is 1. The molecule has 1 atom stereocenters. The lowest BCUT2D eigenvalue weighted by Gasteiger charge is -2.28. The van der Waals surface area contributed by atoms with E-state index in [0.29, 0.717) is 0 Å². The molecule has 0 fully saturated rings.